The van der Waals surface area contributed by atoms with Gasteiger partial charge in [0, 0.05) is 19.4 Å². The molecule has 0 bridgehead atoms. The van der Waals surface area contributed by atoms with Crippen molar-refractivity contribution >= 4 is 17.0 Å². The number of aryl methyl sites for hydroxylation is 1. The van der Waals surface area contributed by atoms with E-state index in [0.29, 0.717) is 17.5 Å². The Labute approximate surface area is 143 Å². The fourth-order valence-corrected chi connectivity index (χ4v) is 3.43. The number of aromatic nitrogens is 1. The number of carbonyl (C=O) groups is 1. The Morgan fingerprint density at radius 1 is 1.20 bits per heavy atom. The minimum absolute atomic E-state index is 0.134. The standard InChI is InChI=1S/C19H18N2O4/c22-15-11-12-5-1-2-6-13(12)18(15)20-17(23)9-10-21-14-7-3-4-8-16(14)25-19(21)24/h1-8,15,18,22H,9-11H2,(H,20,23)/t15-,18+/m1/s1. The monoisotopic (exact) mass is 338 g/mol. The van der Waals surface area contributed by atoms with Crippen LogP contribution in [0.3, 0.4) is 0 Å². The van der Waals surface area contributed by atoms with Gasteiger partial charge < -0.3 is 14.8 Å². The number of hydrogen-bond acceptors (Lipinski definition) is 4. The number of rotatable bonds is 4. The molecule has 25 heavy (non-hydrogen) atoms. The first-order chi connectivity index (χ1) is 12.1. The number of aliphatic hydroxyl groups is 1. The lowest BCUT2D eigenvalue weighted by Gasteiger charge is -2.18. The summed E-state index contributed by atoms with van der Waals surface area (Å²) in [6, 6.07) is 14.4. The first-order valence-electron chi connectivity index (χ1n) is 8.27. The maximum absolute atomic E-state index is 12.3. The molecule has 0 aliphatic heterocycles. The van der Waals surface area contributed by atoms with E-state index >= 15 is 0 Å². The molecule has 1 aliphatic carbocycles. The lowest BCUT2D eigenvalue weighted by molar-refractivity contribution is -0.122. The van der Waals surface area contributed by atoms with Gasteiger partial charge in [0.2, 0.25) is 5.91 Å². The van der Waals surface area contributed by atoms with E-state index in [2.05, 4.69) is 5.32 Å². The number of nitrogens with zero attached hydrogens (tertiary/aromatic N) is 1. The molecule has 1 heterocycles. The van der Waals surface area contributed by atoms with Crippen LogP contribution in [-0.4, -0.2) is 21.7 Å². The lowest BCUT2D eigenvalue weighted by Crippen LogP contribution is -2.34. The van der Waals surface area contributed by atoms with Crippen LogP contribution in [0.15, 0.2) is 57.7 Å². The lowest BCUT2D eigenvalue weighted by atomic mass is 10.1. The van der Waals surface area contributed by atoms with Crippen molar-refractivity contribution in [3.8, 4) is 0 Å². The topological polar surface area (TPSA) is 84.5 Å². The molecule has 2 N–H and O–H groups in total. The van der Waals surface area contributed by atoms with Crippen LogP contribution >= 0.6 is 0 Å². The van der Waals surface area contributed by atoms with Gasteiger partial charge in [0.25, 0.3) is 0 Å². The number of carbonyl (C=O) groups excluding carboxylic acids is 1. The first-order valence-corrected chi connectivity index (χ1v) is 8.27. The van der Waals surface area contributed by atoms with Gasteiger partial charge in [0.1, 0.15) is 0 Å². The highest BCUT2D eigenvalue weighted by molar-refractivity contribution is 5.77. The molecule has 1 aliphatic rings. The number of amides is 1. The third-order valence-electron chi connectivity index (χ3n) is 4.66. The van der Waals surface area contributed by atoms with Gasteiger partial charge in [-0.2, -0.15) is 0 Å². The van der Waals surface area contributed by atoms with Crippen molar-refractivity contribution in [2.24, 2.45) is 0 Å². The summed E-state index contributed by atoms with van der Waals surface area (Å²) in [6.07, 6.45) is 0.0423. The van der Waals surface area contributed by atoms with Crippen LogP contribution in [0.25, 0.3) is 11.1 Å². The second kappa shape index (κ2) is 6.22. The predicted octanol–water partition coefficient (Wildman–Crippen LogP) is 1.76. The van der Waals surface area contributed by atoms with Crippen LogP contribution < -0.4 is 11.1 Å². The van der Waals surface area contributed by atoms with Crippen LogP contribution in [0.4, 0.5) is 0 Å². The molecule has 0 spiro atoms. The number of aliphatic hydroxyl groups excluding tert-OH is 1. The Balaban J connectivity index is 1.46. The molecule has 0 fully saturated rings. The number of para-hydroxylation sites is 2. The van der Waals surface area contributed by atoms with Gasteiger partial charge in [-0.25, -0.2) is 4.79 Å². The van der Waals surface area contributed by atoms with Crippen molar-refractivity contribution in [1.82, 2.24) is 9.88 Å². The van der Waals surface area contributed by atoms with E-state index in [0.717, 1.165) is 11.1 Å². The van der Waals surface area contributed by atoms with Gasteiger partial charge in [0.05, 0.1) is 17.7 Å². The van der Waals surface area contributed by atoms with E-state index in [1.165, 1.54) is 4.57 Å². The van der Waals surface area contributed by atoms with E-state index in [1.54, 1.807) is 18.2 Å². The minimum Gasteiger partial charge on any atom is -0.408 e. The molecule has 0 unspecified atom stereocenters. The highest BCUT2D eigenvalue weighted by atomic mass is 16.4. The summed E-state index contributed by atoms with van der Waals surface area (Å²) < 4.78 is 6.62. The van der Waals surface area contributed by atoms with Crippen molar-refractivity contribution < 1.29 is 14.3 Å². The molecular weight excluding hydrogens is 320 g/mol. The average Bonchev–Trinajstić information content (AvgIpc) is 3.09. The Morgan fingerprint density at radius 3 is 2.84 bits per heavy atom. The first kappa shape index (κ1) is 15.7. The van der Waals surface area contributed by atoms with E-state index in [1.807, 2.05) is 30.3 Å². The smallest absolute Gasteiger partial charge is 0.408 e. The summed E-state index contributed by atoms with van der Waals surface area (Å²) in [5, 5.41) is 13.1. The number of hydrogen-bond donors (Lipinski definition) is 2. The number of benzene rings is 2. The second-order valence-electron chi connectivity index (χ2n) is 6.25. The van der Waals surface area contributed by atoms with E-state index in [4.69, 9.17) is 4.42 Å². The largest absolute Gasteiger partial charge is 0.419 e. The van der Waals surface area contributed by atoms with Crippen molar-refractivity contribution in [3.05, 3.63) is 70.2 Å². The van der Waals surface area contributed by atoms with Gasteiger partial charge in [-0.15, -0.1) is 0 Å². The highest BCUT2D eigenvalue weighted by Crippen LogP contribution is 2.31. The zero-order valence-electron chi connectivity index (χ0n) is 13.5. The highest BCUT2D eigenvalue weighted by Gasteiger charge is 2.31. The van der Waals surface area contributed by atoms with Crippen LogP contribution in [0.1, 0.15) is 23.6 Å². The zero-order valence-corrected chi connectivity index (χ0v) is 13.5. The Morgan fingerprint density at radius 2 is 1.96 bits per heavy atom. The van der Waals surface area contributed by atoms with Crippen LogP contribution in [0, 0.1) is 0 Å². The van der Waals surface area contributed by atoms with Crippen molar-refractivity contribution in [1.29, 1.82) is 0 Å². The van der Waals surface area contributed by atoms with Gasteiger partial charge in [0.15, 0.2) is 5.58 Å². The third-order valence-corrected chi connectivity index (χ3v) is 4.66. The van der Waals surface area contributed by atoms with E-state index < -0.39 is 17.9 Å². The van der Waals surface area contributed by atoms with Gasteiger partial charge in [-0.05, 0) is 23.3 Å². The minimum atomic E-state index is -0.626. The summed E-state index contributed by atoms with van der Waals surface area (Å²) in [6.45, 7) is 0.228. The van der Waals surface area contributed by atoms with Crippen LogP contribution in [0.2, 0.25) is 0 Å². The second-order valence-corrected chi connectivity index (χ2v) is 6.25. The molecule has 2 aromatic carbocycles. The van der Waals surface area contributed by atoms with Crippen LogP contribution in [0.5, 0.6) is 0 Å². The molecule has 0 saturated heterocycles. The summed E-state index contributed by atoms with van der Waals surface area (Å²) in [5.74, 6) is -0.682. The predicted molar refractivity (Wildman–Crippen MR) is 92.1 cm³/mol. The van der Waals surface area contributed by atoms with Crippen molar-refractivity contribution in [2.45, 2.75) is 31.5 Å². The fourth-order valence-electron chi connectivity index (χ4n) is 3.43. The molecular formula is C19H18N2O4. The van der Waals surface area contributed by atoms with Gasteiger partial charge in [-0.3, -0.25) is 9.36 Å². The zero-order chi connectivity index (χ0) is 17.4. The summed E-state index contributed by atoms with van der Waals surface area (Å²) in [5.41, 5.74) is 3.19. The van der Waals surface area contributed by atoms with E-state index in [9.17, 15) is 14.7 Å². The summed E-state index contributed by atoms with van der Waals surface area (Å²) >= 11 is 0. The number of nitrogens with one attached hydrogen (secondary N) is 1. The number of oxazole rings is 1. The number of fused-ring (bicyclic) bond motifs is 2. The molecule has 6 heteroatoms. The molecule has 4 rings (SSSR count). The molecule has 3 aromatic rings. The maximum Gasteiger partial charge on any atom is 0.419 e. The maximum atomic E-state index is 12.3. The SMILES string of the molecule is O=C(CCn1c(=O)oc2ccccc21)N[C@H]1c2ccccc2C[C@H]1O. The Bertz CT molecular complexity index is 988. The van der Waals surface area contributed by atoms with Gasteiger partial charge >= 0.3 is 5.76 Å². The van der Waals surface area contributed by atoms with Crippen LogP contribution in [-0.2, 0) is 17.8 Å². The molecule has 1 aromatic heterocycles. The summed E-state index contributed by atoms with van der Waals surface area (Å²) in [4.78, 5) is 24.3. The molecule has 0 saturated carbocycles. The Kier molecular flexibility index (Phi) is 3.89. The van der Waals surface area contributed by atoms with Crippen molar-refractivity contribution in [2.75, 3.05) is 0 Å². The normalized spacial score (nSPS) is 19.1. The summed E-state index contributed by atoms with van der Waals surface area (Å²) in [7, 11) is 0. The average molecular weight is 338 g/mol. The molecule has 2 atom stereocenters. The molecule has 6 nitrogen and oxygen atoms in total. The molecule has 0 radical (unpaired) electrons. The Hall–Kier alpha value is -2.86. The quantitative estimate of drug-likeness (QED) is 0.759. The molecule has 1 amide bonds. The third kappa shape index (κ3) is 2.85. The fraction of sp³-hybridized carbons (Fsp3) is 0.263. The van der Waals surface area contributed by atoms with Gasteiger partial charge in [-0.1, -0.05) is 36.4 Å². The van der Waals surface area contributed by atoms with Crippen molar-refractivity contribution in [3.63, 3.8) is 0 Å². The van der Waals surface area contributed by atoms with E-state index in [-0.39, 0.29) is 18.9 Å². The molecule has 128 valence electrons.